The number of hydrogen-bond acceptors (Lipinski definition) is 6. The standard InChI is InChI=1S/C24H31NO6/c1-11-3-6-14-13(9-11)5-4-12(2)17(14)20(28)18-19(27)15(10-25-23(18)29)24(30)8-7-16(26)21-22(24)31-21/h4-5,10-14,16-18,21-22,26,30H,3,6-9H2,1-2H3,(H,25,29)/t11-,12-,13-,14-,16+,17-,18?,21+,22+,24+/m0/s1. The van der Waals surface area contributed by atoms with Crippen molar-refractivity contribution in [1.29, 1.82) is 0 Å². The zero-order valence-corrected chi connectivity index (χ0v) is 18.0. The van der Waals surface area contributed by atoms with Crippen LogP contribution >= 0.6 is 0 Å². The number of aliphatic hydroxyl groups is 2. The number of nitrogens with one attached hydrogen (secondary N) is 1. The summed E-state index contributed by atoms with van der Waals surface area (Å²) >= 11 is 0. The number of ether oxygens (including phenoxy) is 1. The molecule has 2 saturated carbocycles. The van der Waals surface area contributed by atoms with Crippen molar-refractivity contribution in [3.8, 4) is 0 Å². The van der Waals surface area contributed by atoms with E-state index in [4.69, 9.17) is 4.74 Å². The predicted molar refractivity (Wildman–Crippen MR) is 110 cm³/mol. The molecule has 0 bridgehead atoms. The highest BCUT2D eigenvalue weighted by Gasteiger charge is 2.64. The van der Waals surface area contributed by atoms with E-state index in [0.29, 0.717) is 18.3 Å². The van der Waals surface area contributed by atoms with Crippen LogP contribution in [-0.2, 0) is 19.1 Å². The van der Waals surface area contributed by atoms with Gasteiger partial charge in [0.2, 0.25) is 5.91 Å². The molecule has 1 saturated heterocycles. The van der Waals surface area contributed by atoms with Crippen LogP contribution < -0.4 is 5.32 Å². The number of epoxide rings is 1. The lowest BCUT2D eigenvalue weighted by molar-refractivity contribution is -0.145. The Hall–Kier alpha value is -1.83. The van der Waals surface area contributed by atoms with Gasteiger partial charge in [-0.25, -0.2) is 0 Å². The lowest BCUT2D eigenvalue weighted by atomic mass is 9.60. The van der Waals surface area contributed by atoms with Gasteiger partial charge in [0.05, 0.1) is 6.10 Å². The van der Waals surface area contributed by atoms with Crippen molar-refractivity contribution < 1.29 is 29.3 Å². The maximum Gasteiger partial charge on any atom is 0.242 e. The molecule has 3 N–H and O–H groups in total. The fraction of sp³-hybridized carbons (Fsp3) is 0.708. The topological polar surface area (TPSA) is 116 Å². The highest BCUT2D eigenvalue weighted by molar-refractivity contribution is 6.26. The van der Waals surface area contributed by atoms with Crippen molar-refractivity contribution in [2.24, 2.45) is 35.5 Å². The molecule has 5 aliphatic rings. The minimum absolute atomic E-state index is 0.0256. The van der Waals surface area contributed by atoms with Crippen molar-refractivity contribution in [2.75, 3.05) is 0 Å². The molecule has 7 heteroatoms. The molecule has 0 radical (unpaired) electrons. The molecule has 2 heterocycles. The van der Waals surface area contributed by atoms with Gasteiger partial charge in [-0.15, -0.1) is 0 Å². The summed E-state index contributed by atoms with van der Waals surface area (Å²) in [6, 6.07) is 0. The molecule has 31 heavy (non-hydrogen) atoms. The minimum atomic E-state index is -1.59. The second-order valence-electron chi connectivity index (χ2n) is 10.3. The Balaban J connectivity index is 1.42. The summed E-state index contributed by atoms with van der Waals surface area (Å²) in [6.45, 7) is 4.21. The van der Waals surface area contributed by atoms with Crippen LogP contribution in [0.25, 0.3) is 0 Å². The van der Waals surface area contributed by atoms with Crippen LogP contribution in [0.4, 0.5) is 0 Å². The second kappa shape index (κ2) is 7.36. The quantitative estimate of drug-likeness (QED) is 0.354. The third kappa shape index (κ3) is 3.24. The number of Topliss-reactive ketones (excluding diaryl/α,β-unsaturated/α-hetero) is 2. The zero-order chi connectivity index (χ0) is 22.1. The van der Waals surface area contributed by atoms with E-state index >= 15 is 0 Å². The van der Waals surface area contributed by atoms with Gasteiger partial charge in [0.25, 0.3) is 0 Å². The Kier molecular flexibility index (Phi) is 4.99. The number of carbonyl (C=O) groups is 3. The molecule has 1 amide bonds. The Bertz CT molecular complexity index is 879. The van der Waals surface area contributed by atoms with E-state index in [9.17, 15) is 24.6 Å². The molecule has 1 unspecified atom stereocenters. The zero-order valence-electron chi connectivity index (χ0n) is 18.0. The summed E-state index contributed by atoms with van der Waals surface area (Å²) in [5, 5.41) is 23.8. The number of aliphatic hydroxyl groups excluding tert-OH is 1. The van der Waals surface area contributed by atoms with Crippen molar-refractivity contribution in [3.63, 3.8) is 0 Å². The molecule has 0 aromatic heterocycles. The lowest BCUT2D eigenvalue weighted by Gasteiger charge is -2.43. The molecular formula is C24H31NO6. The lowest BCUT2D eigenvalue weighted by Crippen LogP contribution is -2.55. The van der Waals surface area contributed by atoms with Crippen LogP contribution in [0.1, 0.15) is 46.0 Å². The van der Waals surface area contributed by atoms with Crippen LogP contribution in [0.3, 0.4) is 0 Å². The van der Waals surface area contributed by atoms with Gasteiger partial charge in [-0.1, -0.05) is 32.4 Å². The van der Waals surface area contributed by atoms with Gasteiger partial charge >= 0.3 is 0 Å². The first kappa shape index (κ1) is 21.0. The Labute approximate surface area is 181 Å². The molecule has 0 spiro atoms. The van der Waals surface area contributed by atoms with E-state index in [0.717, 1.165) is 19.3 Å². The van der Waals surface area contributed by atoms with Gasteiger partial charge in [-0.2, -0.15) is 0 Å². The molecule has 3 fully saturated rings. The fourth-order valence-corrected chi connectivity index (χ4v) is 6.54. The summed E-state index contributed by atoms with van der Waals surface area (Å²) < 4.78 is 5.44. The highest BCUT2D eigenvalue weighted by atomic mass is 16.6. The smallest absolute Gasteiger partial charge is 0.242 e. The molecule has 0 aromatic carbocycles. The van der Waals surface area contributed by atoms with Crippen molar-refractivity contribution in [2.45, 2.75) is 69.9 Å². The maximum atomic E-state index is 13.7. The first-order valence-corrected chi connectivity index (χ1v) is 11.6. The summed E-state index contributed by atoms with van der Waals surface area (Å²) in [4.78, 5) is 39.9. The summed E-state index contributed by atoms with van der Waals surface area (Å²) in [5.41, 5.74) is -1.56. The summed E-state index contributed by atoms with van der Waals surface area (Å²) in [7, 11) is 0. The number of rotatable bonds is 3. The number of carbonyl (C=O) groups excluding carboxylic acids is 3. The third-order valence-corrected chi connectivity index (χ3v) is 8.33. The number of hydrogen-bond donors (Lipinski definition) is 3. The first-order chi connectivity index (χ1) is 14.7. The molecule has 0 aromatic rings. The van der Waals surface area contributed by atoms with E-state index in [-0.39, 0.29) is 35.5 Å². The second-order valence-corrected chi connectivity index (χ2v) is 10.3. The SMILES string of the molecule is C[C@H]1CC[C@@H]2[C@@H](C(=O)C3C(=O)NC=C([C@]4(O)CC[C@@H](O)[C@H]5O[C@H]54)C3=O)[C@@H](C)C=C[C@H]2C1. The van der Waals surface area contributed by atoms with Crippen molar-refractivity contribution in [1.82, 2.24) is 5.32 Å². The fourth-order valence-electron chi connectivity index (χ4n) is 6.54. The van der Waals surface area contributed by atoms with E-state index < -0.39 is 41.5 Å². The van der Waals surface area contributed by atoms with Gasteiger partial charge in [-0.3, -0.25) is 14.4 Å². The normalized spacial score (nSPS) is 48.9. The number of amides is 1. The summed E-state index contributed by atoms with van der Waals surface area (Å²) in [5.74, 6) is -2.38. The van der Waals surface area contributed by atoms with Crippen LogP contribution in [0.15, 0.2) is 23.9 Å². The van der Waals surface area contributed by atoms with Gasteiger partial charge < -0.3 is 20.3 Å². The van der Waals surface area contributed by atoms with Crippen LogP contribution in [0.2, 0.25) is 0 Å². The molecular weight excluding hydrogens is 398 g/mol. The molecule has 5 rings (SSSR count). The average molecular weight is 430 g/mol. The number of allylic oxidation sites excluding steroid dienone is 2. The highest BCUT2D eigenvalue weighted by Crippen LogP contribution is 2.49. The Morgan fingerprint density at radius 3 is 2.74 bits per heavy atom. The predicted octanol–water partition coefficient (Wildman–Crippen LogP) is 1.28. The van der Waals surface area contributed by atoms with E-state index in [1.54, 1.807) is 0 Å². The van der Waals surface area contributed by atoms with Crippen molar-refractivity contribution in [3.05, 3.63) is 23.9 Å². The third-order valence-electron chi connectivity index (χ3n) is 8.33. The summed E-state index contributed by atoms with van der Waals surface area (Å²) in [6.07, 6.45) is 7.08. The van der Waals surface area contributed by atoms with Crippen LogP contribution in [0, 0.1) is 35.5 Å². The van der Waals surface area contributed by atoms with Crippen LogP contribution in [0.5, 0.6) is 0 Å². The van der Waals surface area contributed by atoms with E-state index in [1.165, 1.54) is 6.20 Å². The van der Waals surface area contributed by atoms with E-state index in [2.05, 4.69) is 24.4 Å². The van der Waals surface area contributed by atoms with E-state index in [1.807, 2.05) is 6.92 Å². The molecule has 2 aliphatic heterocycles. The Morgan fingerprint density at radius 2 is 1.97 bits per heavy atom. The molecule has 3 aliphatic carbocycles. The monoisotopic (exact) mass is 429 g/mol. The van der Waals surface area contributed by atoms with Crippen molar-refractivity contribution >= 4 is 17.5 Å². The molecule has 10 atom stereocenters. The average Bonchev–Trinajstić information content (AvgIpc) is 3.53. The number of fused-ring (bicyclic) bond motifs is 2. The molecule has 7 nitrogen and oxygen atoms in total. The van der Waals surface area contributed by atoms with Gasteiger partial charge in [-0.05, 0) is 49.4 Å². The minimum Gasteiger partial charge on any atom is -0.390 e. The van der Waals surface area contributed by atoms with Gasteiger partial charge in [0, 0.05) is 17.7 Å². The Morgan fingerprint density at radius 1 is 1.19 bits per heavy atom. The largest absolute Gasteiger partial charge is 0.390 e. The van der Waals surface area contributed by atoms with Crippen LogP contribution in [-0.4, -0.2) is 51.6 Å². The van der Waals surface area contributed by atoms with Gasteiger partial charge in [0.15, 0.2) is 17.5 Å². The first-order valence-electron chi connectivity index (χ1n) is 11.6. The number of ketones is 2. The maximum absolute atomic E-state index is 13.7. The molecule has 168 valence electrons. The van der Waals surface area contributed by atoms with Gasteiger partial charge in [0.1, 0.15) is 17.8 Å².